The second-order valence-corrected chi connectivity index (χ2v) is 5.35. The maximum Gasteiger partial charge on any atom is 0.433 e. The molecule has 0 fully saturated rings. The number of carbonyl (C=O) groups excluding carboxylic acids is 1. The molecule has 0 bridgehead atoms. The number of hydrogen-bond acceptors (Lipinski definition) is 3. The van der Waals surface area contributed by atoms with Crippen molar-refractivity contribution < 1.29 is 23.1 Å². The Labute approximate surface area is 130 Å². The van der Waals surface area contributed by atoms with Gasteiger partial charge in [-0.05, 0) is 23.3 Å². The molecule has 2 aromatic rings. The lowest BCUT2D eigenvalue weighted by molar-refractivity contribution is -0.141. The molecule has 1 aromatic heterocycles. The summed E-state index contributed by atoms with van der Waals surface area (Å²) < 4.78 is 37.4. The molecule has 0 aliphatic heterocycles. The van der Waals surface area contributed by atoms with E-state index in [9.17, 15) is 23.1 Å². The van der Waals surface area contributed by atoms with Crippen LogP contribution in [0.5, 0.6) is 0 Å². The number of pyridine rings is 1. The van der Waals surface area contributed by atoms with E-state index in [0.717, 1.165) is 29.5 Å². The first-order valence-corrected chi connectivity index (χ1v) is 6.96. The number of aliphatic hydroxyl groups excluding tert-OH is 1. The molecule has 2 atom stereocenters. The number of fused-ring (bicyclic) bond motifs is 1. The fraction of sp³-hybridized carbons (Fsp3) is 0.250. The van der Waals surface area contributed by atoms with Crippen LogP contribution in [0.3, 0.4) is 0 Å². The maximum atomic E-state index is 12.5. The first kappa shape index (κ1) is 15.5. The minimum atomic E-state index is -4.55. The van der Waals surface area contributed by atoms with Gasteiger partial charge in [0, 0.05) is 12.6 Å². The van der Waals surface area contributed by atoms with Gasteiger partial charge in [-0.2, -0.15) is 13.2 Å². The first-order chi connectivity index (χ1) is 10.9. The zero-order valence-electron chi connectivity index (χ0n) is 11.8. The summed E-state index contributed by atoms with van der Waals surface area (Å²) in [5.41, 5.74) is 0.707. The lowest BCUT2D eigenvalue weighted by Gasteiger charge is -2.18. The van der Waals surface area contributed by atoms with Crippen molar-refractivity contribution in [3.05, 3.63) is 65.0 Å². The Balaban J connectivity index is 1.77. The molecule has 4 nitrogen and oxygen atoms in total. The topological polar surface area (TPSA) is 62.2 Å². The quantitative estimate of drug-likeness (QED) is 0.893. The van der Waals surface area contributed by atoms with Gasteiger partial charge < -0.3 is 10.4 Å². The van der Waals surface area contributed by atoms with Gasteiger partial charge in [0.2, 0.25) is 0 Å². The van der Waals surface area contributed by atoms with Crippen LogP contribution in [-0.4, -0.2) is 22.1 Å². The van der Waals surface area contributed by atoms with Crippen LogP contribution >= 0.6 is 0 Å². The molecule has 2 N–H and O–H groups in total. The zero-order valence-corrected chi connectivity index (χ0v) is 11.8. The molecule has 0 spiro atoms. The van der Waals surface area contributed by atoms with E-state index in [4.69, 9.17) is 0 Å². The van der Waals surface area contributed by atoms with Crippen LogP contribution in [0, 0.1) is 0 Å². The highest BCUT2D eigenvalue weighted by molar-refractivity contribution is 5.94. The normalized spacial score (nSPS) is 20.2. The largest absolute Gasteiger partial charge is 0.433 e. The summed E-state index contributed by atoms with van der Waals surface area (Å²) in [7, 11) is 0. The second-order valence-electron chi connectivity index (χ2n) is 5.35. The summed E-state index contributed by atoms with van der Waals surface area (Å²) in [6.07, 6.45) is -4.01. The summed E-state index contributed by atoms with van der Waals surface area (Å²) in [5.74, 6) is -0.577. The third-order valence-electron chi connectivity index (χ3n) is 3.81. The van der Waals surface area contributed by atoms with Crippen LogP contribution < -0.4 is 5.32 Å². The van der Waals surface area contributed by atoms with Crippen LogP contribution in [0.2, 0.25) is 0 Å². The van der Waals surface area contributed by atoms with Crippen LogP contribution in [0.1, 0.15) is 33.2 Å². The van der Waals surface area contributed by atoms with Gasteiger partial charge in [0.25, 0.3) is 5.91 Å². The fourth-order valence-corrected chi connectivity index (χ4v) is 2.67. The lowest BCUT2D eigenvalue weighted by atomic mass is 10.1. The van der Waals surface area contributed by atoms with E-state index in [0.29, 0.717) is 6.42 Å². The highest BCUT2D eigenvalue weighted by atomic mass is 19.4. The molecule has 0 saturated heterocycles. The molecule has 7 heteroatoms. The van der Waals surface area contributed by atoms with E-state index >= 15 is 0 Å². The van der Waals surface area contributed by atoms with Gasteiger partial charge in [-0.25, -0.2) is 0 Å². The van der Waals surface area contributed by atoms with Crippen LogP contribution in [0.25, 0.3) is 0 Å². The monoisotopic (exact) mass is 322 g/mol. The zero-order chi connectivity index (χ0) is 16.6. The number of aliphatic hydroxyl groups is 1. The van der Waals surface area contributed by atoms with E-state index in [1.807, 2.05) is 18.2 Å². The lowest BCUT2D eigenvalue weighted by Crippen LogP contribution is -2.34. The minimum Gasteiger partial charge on any atom is -0.390 e. The Kier molecular flexibility index (Phi) is 3.81. The number of rotatable bonds is 2. The minimum absolute atomic E-state index is 0.00887. The van der Waals surface area contributed by atoms with E-state index in [1.165, 1.54) is 0 Å². The van der Waals surface area contributed by atoms with Crippen molar-refractivity contribution in [1.82, 2.24) is 10.3 Å². The van der Waals surface area contributed by atoms with E-state index < -0.39 is 29.9 Å². The fourth-order valence-electron chi connectivity index (χ4n) is 2.67. The molecule has 1 heterocycles. The standard InChI is InChI=1S/C16H13F3N2O2/c17-16(18,19)13-6-5-10(8-20-13)15(23)21-14-11-4-2-1-3-9(11)7-12(14)22/h1-6,8,12,14,22H,7H2,(H,21,23). The second kappa shape index (κ2) is 5.66. The maximum absolute atomic E-state index is 12.5. The third kappa shape index (κ3) is 3.05. The van der Waals surface area contributed by atoms with Gasteiger partial charge in [-0.15, -0.1) is 0 Å². The van der Waals surface area contributed by atoms with Crippen LogP contribution in [-0.2, 0) is 12.6 Å². The van der Waals surface area contributed by atoms with E-state index in [2.05, 4.69) is 10.3 Å². The van der Waals surface area contributed by atoms with Crippen molar-refractivity contribution in [3.8, 4) is 0 Å². The number of aromatic nitrogens is 1. The van der Waals surface area contributed by atoms with Crippen molar-refractivity contribution in [1.29, 1.82) is 0 Å². The average molecular weight is 322 g/mol. The predicted octanol–water partition coefficient (Wildman–Crippen LogP) is 2.49. The first-order valence-electron chi connectivity index (χ1n) is 6.96. The summed E-state index contributed by atoms with van der Waals surface area (Å²) in [4.78, 5) is 15.4. The number of amides is 1. The Hall–Kier alpha value is -2.41. The SMILES string of the molecule is O=C(NC1c2ccccc2CC1O)c1ccc(C(F)(F)F)nc1. The van der Waals surface area contributed by atoms with Crippen LogP contribution in [0.4, 0.5) is 13.2 Å². The van der Waals surface area contributed by atoms with Gasteiger partial charge in [0.1, 0.15) is 5.69 Å². The van der Waals surface area contributed by atoms with E-state index in [1.54, 1.807) is 6.07 Å². The van der Waals surface area contributed by atoms with Crippen LogP contribution in [0.15, 0.2) is 42.6 Å². The van der Waals surface area contributed by atoms with Crippen molar-refractivity contribution in [2.75, 3.05) is 0 Å². The Bertz CT molecular complexity index is 729. The number of benzene rings is 1. The highest BCUT2D eigenvalue weighted by Crippen LogP contribution is 2.31. The third-order valence-corrected chi connectivity index (χ3v) is 3.81. The molecule has 23 heavy (non-hydrogen) atoms. The van der Waals surface area contributed by atoms with Gasteiger partial charge >= 0.3 is 6.18 Å². The molecule has 0 radical (unpaired) electrons. The number of nitrogens with one attached hydrogen (secondary N) is 1. The van der Waals surface area contributed by atoms with Crippen molar-refractivity contribution in [2.24, 2.45) is 0 Å². The smallest absolute Gasteiger partial charge is 0.390 e. The van der Waals surface area contributed by atoms with Crippen molar-refractivity contribution in [3.63, 3.8) is 0 Å². The molecule has 1 aromatic carbocycles. The Morgan fingerprint density at radius 3 is 2.61 bits per heavy atom. The number of alkyl halides is 3. The molecular formula is C16H13F3N2O2. The summed E-state index contributed by atoms with van der Waals surface area (Å²) in [6, 6.07) is 8.56. The molecule has 2 unspecified atom stereocenters. The van der Waals surface area contributed by atoms with Gasteiger partial charge in [0.15, 0.2) is 0 Å². The molecular weight excluding hydrogens is 309 g/mol. The number of carbonyl (C=O) groups is 1. The van der Waals surface area contributed by atoms with Gasteiger partial charge in [0.05, 0.1) is 17.7 Å². The molecule has 120 valence electrons. The molecule has 0 saturated carbocycles. The number of nitrogens with zero attached hydrogens (tertiary/aromatic N) is 1. The molecule has 1 amide bonds. The van der Waals surface area contributed by atoms with Crippen molar-refractivity contribution in [2.45, 2.75) is 24.7 Å². The predicted molar refractivity (Wildman–Crippen MR) is 75.6 cm³/mol. The van der Waals surface area contributed by atoms with Gasteiger partial charge in [-0.1, -0.05) is 24.3 Å². The molecule has 1 aliphatic rings. The average Bonchev–Trinajstić information content (AvgIpc) is 2.82. The summed E-state index contributed by atoms with van der Waals surface area (Å²) in [6.45, 7) is 0. The highest BCUT2D eigenvalue weighted by Gasteiger charge is 2.34. The summed E-state index contributed by atoms with van der Waals surface area (Å²) in [5, 5.41) is 12.7. The number of halogens is 3. The Morgan fingerprint density at radius 2 is 1.96 bits per heavy atom. The molecule has 3 rings (SSSR count). The van der Waals surface area contributed by atoms with Crippen molar-refractivity contribution >= 4 is 5.91 Å². The Morgan fingerprint density at radius 1 is 1.22 bits per heavy atom. The summed E-state index contributed by atoms with van der Waals surface area (Å²) >= 11 is 0. The van der Waals surface area contributed by atoms with E-state index in [-0.39, 0.29) is 5.56 Å². The molecule has 1 aliphatic carbocycles. The van der Waals surface area contributed by atoms with Gasteiger partial charge in [-0.3, -0.25) is 9.78 Å². The number of hydrogen-bond donors (Lipinski definition) is 2.